The Bertz CT molecular complexity index is 1940. The van der Waals surface area contributed by atoms with Crippen molar-refractivity contribution in [1.82, 2.24) is 24.9 Å². The topological polar surface area (TPSA) is 145 Å². The summed E-state index contributed by atoms with van der Waals surface area (Å²) >= 11 is 0. The molecule has 0 amide bonds. The van der Waals surface area contributed by atoms with Crippen molar-refractivity contribution in [3.8, 4) is 34.0 Å². The van der Waals surface area contributed by atoms with Gasteiger partial charge in [-0.25, -0.2) is 14.4 Å². The summed E-state index contributed by atoms with van der Waals surface area (Å²) in [5.41, 5.74) is 10.9. The fourth-order valence-corrected chi connectivity index (χ4v) is 4.51. The zero-order chi connectivity index (χ0) is 31.2. The van der Waals surface area contributed by atoms with Gasteiger partial charge in [0.2, 0.25) is 23.8 Å². The van der Waals surface area contributed by atoms with E-state index in [1.807, 2.05) is 78.9 Å². The summed E-state index contributed by atoms with van der Waals surface area (Å²) in [6, 6.07) is 30.4. The number of anilines is 7. The predicted molar refractivity (Wildman–Crippen MR) is 173 cm³/mol. The van der Waals surface area contributed by atoms with E-state index in [0.29, 0.717) is 40.2 Å². The second-order valence-electron chi connectivity index (χ2n) is 9.70. The lowest BCUT2D eigenvalue weighted by molar-refractivity contribution is 0.404. The summed E-state index contributed by atoms with van der Waals surface area (Å²) in [6.45, 7) is 0. The second kappa shape index (κ2) is 12.9. The molecule has 6 aromatic rings. The van der Waals surface area contributed by atoms with Gasteiger partial charge in [-0.05, 0) is 66.7 Å². The maximum Gasteiger partial charge on any atom is 0.233 e. The molecule has 0 saturated heterocycles. The number of halogens is 1. The Morgan fingerprint density at radius 3 is 1.84 bits per heavy atom. The summed E-state index contributed by atoms with van der Waals surface area (Å²) in [6.07, 6.45) is 0. The molecule has 224 valence electrons. The van der Waals surface area contributed by atoms with Crippen molar-refractivity contribution < 1.29 is 13.9 Å². The average Bonchev–Trinajstić information content (AvgIpc) is 3.05. The molecule has 0 fully saturated rings. The van der Waals surface area contributed by atoms with Crippen molar-refractivity contribution in [2.45, 2.75) is 0 Å². The van der Waals surface area contributed by atoms with Gasteiger partial charge in [-0.3, -0.25) is 0 Å². The van der Waals surface area contributed by atoms with Gasteiger partial charge in [0.1, 0.15) is 17.3 Å². The Balaban J connectivity index is 1.27. The molecule has 0 atom stereocenters. The number of nitrogens with two attached hydrogens (primary N) is 1. The third-order valence-electron chi connectivity index (χ3n) is 6.61. The van der Waals surface area contributed by atoms with Crippen LogP contribution in [0.2, 0.25) is 0 Å². The van der Waals surface area contributed by atoms with Crippen molar-refractivity contribution >= 4 is 40.9 Å². The van der Waals surface area contributed by atoms with E-state index < -0.39 is 0 Å². The number of para-hydroxylation sites is 1. The fourth-order valence-electron chi connectivity index (χ4n) is 4.51. The molecule has 12 heteroatoms. The molecule has 0 bridgehead atoms. The van der Waals surface area contributed by atoms with Gasteiger partial charge < -0.3 is 31.2 Å². The molecule has 0 spiro atoms. The van der Waals surface area contributed by atoms with E-state index in [1.165, 1.54) is 12.1 Å². The van der Waals surface area contributed by atoms with E-state index in [1.54, 1.807) is 26.4 Å². The minimum absolute atomic E-state index is 0.122. The highest BCUT2D eigenvalue weighted by Crippen LogP contribution is 2.34. The number of nitrogens with one attached hydrogen (secondary N) is 3. The molecule has 2 aromatic heterocycles. The fraction of sp³-hybridized carbons (Fsp3) is 0.0606. The third kappa shape index (κ3) is 7.03. The standard InChI is InChI=1S/C33H28FN9O2/c1-44-25-15-16-29(45-2)26(18-25)28-19-27(39-30(35)40-28)20-11-13-23(14-12-20)37-32-41-31(36-22-8-4-3-5-9-22)42-33(43-32)38-24-10-6-7-21(34)17-24/h3-19H,1-2H3,(H2,35,39,40)(H3,36,37,38,41,42,43). The molecule has 2 heterocycles. The number of rotatable bonds is 10. The average molecular weight is 602 g/mol. The monoisotopic (exact) mass is 601 g/mol. The normalized spacial score (nSPS) is 10.6. The summed E-state index contributed by atoms with van der Waals surface area (Å²) in [4.78, 5) is 22.4. The van der Waals surface area contributed by atoms with Crippen LogP contribution in [-0.4, -0.2) is 39.1 Å². The van der Waals surface area contributed by atoms with Crippen LogP contribution in [0.3, 0.4) is 0 Å². The molecule has 4 aromatic carbocycles. The first-order valence-corrected chi connectivity index (χ1v) is 13.8. The lowest BCUT2D eigenvalue weighted by Crippen LogP contribution is -2.07. The summed E-state index contributed by atoms with van der Waals surface area (Å²) in [5, 5.41) is 9.44. The lowest BCUT2D eigenvalue weighted by Gasteiger charge is -2.13. The number of aromatic nitrogens is 5. The Morgan fingerprint density at radius 1 is 0.578 bits per heavy atom. The van der Waals surface area contributed by atoms with E-state index in [0.717, 1.165) is 16.8 Å². The minimum Gasteiger partial charge on any atom is -0.497 e. The number of nitrogen functional groups attached to an aromatic ring is 1. The van der Waals surface area contributed by atoms with Gasteiger partial charge in [0.05, 0.1) is 25.6 Å². The molecule has 45 heavy (non-hydrogen) atoms. The largest absolute Gasteiger partial charge is 0.497 e. The van der Waals surface area contributed by atoms with Crippen molar-refractivity contribution in [2.24, 2.45) is 0 Å². The number of hydrogen-bond donors (Lipinski definition) is 4. The Kier molecular flexibility index (Phi) is 8.27. The highest BCUT2D eigenvalue weighted by Gasteiger charge is 2.14. The molecule has 0 unspecified atom stereocenters. The molecule has 0 saturated carbocycles. The van der Waals surface area contributed by atoms with Crippen LogP contribution in [0.15, 0.2) is 103 Å². The van der Waals surface area contributed by atoms with Gasteiger partial charge >= 0.3 is 0 Å². The van der Waals surface area contributed by atoms with Gasteiger partial charge in [-0.15, -0.1) is 0 Å². The number of benzene rings is 4. The van der Waals surface area contributed by atoms with Gasteiger partial charge in [0, 0.05) is 28.2 Å². The van der Waals surface area contributed by atoms with Crippen LogP contribution in [0.1, 0.15) is 0 Å². The highest BCUT2D eigenvalue weighted by molar-refractivity contribution is 5.75. The Hall–Kier alpha value is -6.30. The van der Waals surface area contributed by atoms with Crippen LogP contribution in [0.25, 0.3) is 22.5 Å². The lowest BCUT2D eigenvalue weighted by atomic mass is 10.1. The first kappa shape index (κ1) is 28.8. The molecule has 0 aliphatic carbocycles. The van der Waals surface area contributed by atoms with E-state index in [-0.39, 0.29) is 23.7 Å². The van der Waals surface area contributed by atoms with Crippen LogP contribution >= 0.6 is 0 Å². The zero-order valence-corrected chi connectivity index (χ0v) is 24.3. The maximum atomic E-state index is 13.8. The van der Waals surface area contributed by atoms with Crippen molar-refractivity contribution in [1.29, 1.82) is 0 Å². The summed E-state index contributed by atoms with van der Waals surface area (Å²) in [5.74, 6) is 1.83. The summed E-state index contributed by atoms with van der Waals surface area (Å²) in [7, 11) is 3.19. The van der Waals surface area contributed by atoms with Crippen LogP contribution in [0.4, 0.5) is 45.2 Å². The van der Waals surface area contributed by atoms with Crippen molar-refractivity contribution in [3.63, 3.8) is 0 Å². The van der Waals surface area contributed by atoms with Crippen LogP contribution in [0.5, 0.6) is 11.5 Å². The van der Waals surface area contributed by atoms with Crippen LogP contribution in [-0.2, 0) is 0 Å². The SMILES string of the molecule is COc1ccc(OC)c(-c2cc(-c3ccc(Nc4nc(Nc5ccccc5)nc(Nc5cccc(F)c5)n4)cc3)nc(N)n2)c1. The maximum absolute atomic E-state index is 13.8. The van der Waals surface area contributed by atoms with E-state index in [4.69, 9.17) is 15.2 Å². The molecule has 11 nitrogen and oxygen atoms in total. The highest BCUT2D eigenvalue weighted by atomic mass is 19.1. The van der Waals surface area contributed by atoms with E-state index in [2.05, 4.69) is 40.9 Å². The quantitative estimate of drug-likeness (QED) is 0.129. The molecule has 6 rings (SSSR count). The van der Waals surface area contributed by atoms with Crippen LogP contribution in [0, 0.1) is 5.82 Å². The zero-order valence-electron chi connectivity index (χ0n) is 24.3. The number of hydrogen-bond acceptors (Lipinski definition) is 11. The molecule has 5 N–H and O–H groups in total. The minimum atomic E-state index is -0.379. The van der Waals surface area contributed by atoms with E-state index >= 15 is 0 Å². The van der Waals surface area contributed by atoms with Crippen molar-refractivity contribution in [2.75, 3.05) is 35.9 Å². The Labute approximate surface area is 258 Å². The van der Waals surface area contributed by atoms with Gasteiger partial charge in [0.15, 0.2) is 0 Å². The number of nitrogens with zero attached hydrogens (tertiary/aromatic N) is 5. The number of ether oxygens (including phenoxy) is 2. The number of methoxy groups -OCH3 is 2. The van der Waals surface area contributed by atoms with Gasteiger partial charge in [0.25, 0.3) is 0 Å². The van der Waals surface area contributed by atoms with E-state index in [9.17, 15) is 4.39 Å². The van der Waals surface area contributed by atoms with Gasteiger partial charge in [-0.2, -0.15) is 15.0 Å². The summed E-state index contributed by atoms with van der Waals surface area (Å²) < 4.78 is 24.7. The third-order valence-corrected chi connectivity index (χ3v) is 6.61. The molecule has 0 aliphatic rings. The second-order valence-corrected chi connectivity index (χ2v) is 9.70. The van der Waals surface area contributed by atoms with Crippen molar-refractivity contribution in [3.05, 3.63) is 109 Å². The molecule has 0 radical (unpaired) electrons. The smallest absolute Gasteiger partial charge is 0.233 e. The Morgan fingerprint density at radius 2 is 1.20 bits per heavy atom. The first-order chi connectivity index (χ1) is 21.9. The molecular weight excluding hydrogens is 573 g/mol. The molecule has 0 aliphatic heterocycles. The van der Waals surface area contributed by atoms with Gasteiger partial charge in [-0.1, -0.05) is 36.4 Å². The first-order valence-electron chi connectivity index (χ1n) is 13.8. The predicted octanol–water partition coefficient (Wildman–Crippen LogP) is 6.96. The molecular formula is C33H28FN9O2. The van der Waals surface area contributed by atoms with Crippen LogP contribution < -0.4 is 31.2 Å².